The van der Waals surface area contributed by atoms with Gasteiger partial charge in [-0.2, -0.15) is 0 Å². The van der Waals surface area contributed by atoms with E-state index in [1.807, 2.05) is 41.5 Å². The van der Waals surface area contributed by atoms with Gasteiger partial charge in [0.05, 0.1) is 9.75 Å². The molecule has 2 nitrogen and oxygen atoms in total. The maximum atomic E-state index is 12.1. The number of hydrogen-bond acceptors (Lipinski definition) is 3. The number of carbonyl (C=O) groups excluding carboxylic acids is 2. The molecule has 0 saturated heterocycles. The van der Waals surface area contributed by atoms with Crippen LogP contribution in [0.25, 0.3) is 0 Å². The lowest BCUT2D eigenvalue weighted by molar-refractivity contribution is 0.0936. The van der Waals surface area contributed by atoms with Crippen molar-refractivity contribution in [1.29, 1.82) is 0 Å². The molecule has 0 unspecified atom stereocenters. The van der Waals surface area contributed by atoms with Gasteiger partial charge < -0.3 is 0 Å². The zero-order chi connectivity index (χ0) is 14.8. The van der Waals surface area contributed by atoms with E-state index in [4.69, 9.17) is 0 Å². The van der Waals surface area contributed by atoms with Crippen molar-refractivity contribution in [3.63, 3.8) is 0 Å². The van der Waals surface area contributed by atoms with Crippen molar-refractivity contribution < 1.29 is 9.59 Å². The molecule has 0 aliphatic carbocycles. The molecule has 19 heavy (non-hydrogen) atoms. The molecule has 1 aromatic heterocycles. The highest BCUT2D eigenvalue weighted by molar-refractivity contribution is 7.16. The molecule has 0 aliphatic rings. The third kappa shape index (κ3) is 5.68. The Hall–Kier alpha value is -0.960. The van der Waals surface area contributed by atoms with E-state index in [-0.39, 0.29) is 22.4 Å². The van der Waals surface area contributed by atoms with Gasteiger partial charge in [-0.15, -0.1) is 11.3 Å². The highest BCUT2D eigenvalue weighted by atomic mass is 32.1. The summed E-state index contributed by atoms with van der Waals surface area (Å²) in [6.45, 7) is 12.3. The van der Waals surface area contributed by atoms with Crippen LogP contribution in [-0.2, 0) is 0 Å². The van der Waals surface area contributed by atoms with Crippen LogP contribution in [0.1, 0.15) is 73.7 Å². The van der Waals surface area contributed by atoms with Crippen LogP contribution in [0.3, 0.4) is 0 Å². The van der Waals surface area contributed by atoms with Gasteiger partial charge in [0, 0.05) is 12.8 Å². The SMILES string of the molecule is CC(C)(C)CC(=O)c1ccc(C(=O)CC(C)(C)C)s1. The molecule has 0 spiro atoms. The van der Waals surface area contributed by atoms with Crippen LogP contribution < -0.4 is 0 Å². The zero-order valence-corrected chi connectivity index (χ0v) is 13.6. The minimum atomic E-state index is -0.0172. The third-order valence-electron chi connectivity index (χ3n) is 2.54. The molecular weight excluding hydrogens is 256 g/mol. The Morgan fingerprint density at radius 3 is 1.42 bits per heavy atom. The first-order chi connectivity index (χ1) is 8.48. The monoisotopic (exact) mass is 280 g/mol. The summed E-state index contributed by atoms with van der Waals surface area (Å²) in [4.78, 5) is 25.6. The van der Waals surface area contributed by atoms with Gasteiger partial charge in [-0.1, -0.05) is 41.5 Å². The molecule has 1 heterocycles. The van der Waals surface area contributed by atoms with Gasteiger partial charge in [-0.25, -0.2) is 0 Å². The van der Waals surface area contributed by atoms with Crippen LogP contribution >= 0.6 is 11.3 Å². The second-order valence-electron chi connectivity index (χ2n) is 7.49. The van der Waals surface area contributed by atoms with E-state index >= 15 is 0 Å². The van der Waals surface area contributed by atoms with E-state index in [2.05, 4.69) is 0 Å². The lowest BCUT2D eigenvalue weighted by Crippen LogP contribution is -2.12. The fourth-order valence-electron chi connectivity index (χ4n) is 1.78. The highest BCUT2D eigenvalue weighted by Gasteiger charge is 2.22. The quantitative estimate of drug-likeness (QED) is 0.728. The fraction of sp³-hybridized carbons (Fsp3) is 0.625. The molecular formula is C16H24O2S. The Bertz CT molecular complexity index is 427. The Balaban J connectivity index is 2.77. The van der Waals surface area contributed by atoms with Crippen molar-refractivity contribution in [3.05, 3.63) is 21.9 Å². The number of rotatable bonds is 4. The summed E-state index contributed by atoms with van der Waals surface area (Å²) in [5.41, 5.74) is -0.0344. The molecule has 0 aromatic carbocycles. The van der Waals surface area contributed by atoms with Gasteiger partial charge in [-0.05, 0) is 23.0 Å². The van der Waals surface area contributed by atoms with Crippen LogP contribution in [-0.4, -0.2) is 11.6 Å². The molecule has 0 aliphatic heterocycles. The highest BCUT2D eigenvalue weighted by Crippen LogP contribution is 2.28. The molecule has 0 fully saturated rings. The van der Waals surface area contributed by atoms with E-state index in [1.165, 1.54) is 11.3 Å². The molecule has 106 valence electrons. The maximum absolute atomic E-state index is 12.1. The molecule has 0 bridgehead atoms. The Kier molecular flexibility index (Phi) is 4.72. The first kappa shape index (κ1) is 16.1. The van der Waals surface area contributed by atoms with E-state index in [1.54, 1.807) is 12.1 Å². The smallest absolute Gasteiger partial charge is 0.173 e. The molecule has 1 aromatic rings. The first-order valence-electron chi connectivity index (χ1n) is 6.64. The van der Waals surface area contributed by atoms with Gasteiger partial charge in [0.2, 0.25) is 0 Å². The van der Waals surface area contributed by atoms with Crippen molar-refractivity contribution >= 4 is 22.9 Å². The van der Waals surface area contributed by atoms with Crippen LogP contribution in [0.15, 0.2) is 12.1 Å². The van der Waals surface area contributed by atoms with Crippen LogP contribution in [0.4, 0.5) is 0 Å². The van der Waals surface area contributed by atoms with E-state index in [0.29, 0.717) is 22.6 Å². The second-order valence-corrected chi connectivity index (χ2v) is 8.57. The summed E-state index contributed by atoms with van der Waals surface area (Å²) < 4.78 is 0. The second kappa shape index (κ2) is 5.58. The molecule has 0 radical (unpaired) electrons. The van der Waals surface area contributed by atoms with Crippen LogP contribution in [0.2, 0.25) is 0 Å². The molecule has 1 rings (SSSR count). The molecule has 0 N–H and O–H groups in total. The summed E-state index contributed by atoms with van der Waals surface area (Å²) in [5.74, 6) is 0.264. The average molecular weight is 280 g/mol. The predicted molar refractivity (Wildman–Crippen MR) is 81.1 cm³/mol. The van der Waals surface area contributed by atoms with Crippen LogP contribution in [0.5, 0.6) is 0 Å². The predicted octanol–water partition coefficient (Wildman–Crippen LogP) is 4.99. The topological polar surface area (TPSA) is 34.1 Å². The van der Waals surface area contributed by atoms with Gasteiger partial charge in [-0.3, -0.25) is 9.59 Å². The van der Waals surface area contributed by atoms with Crippen molar-refractivity contribution in [2.45, 2.75) is 54.4 Å². The summed E-state index contributed by atoms with van der Waals surface area (Å²) in [6, 6.07) is 3.57. The number of carbonyl (C=O) groups is 2. The van der Waals surface area contributed by atoms with Gasteiger partial charge >= 0.3 is 0 Å². The summed E-state index contributed by atoms with van der Waals surface area (Å²) in [7, 11) is 0. The van der Waals surface area contributed by atoms with Gasteiger partial charge in [0.1, 0.15) is 0 Å². The van der Waals surface area contributed by atoms with Gasteiger partial charge in [0.15, 0.2) is 11.6 Å². The minimum Gasteiger partial charge on any atom is -0.293 e. The Morgan fingerprint density at radius 1 is 0.842 bits per heavy atom. The lowest BCUT2D eigenvalue weighted by Gasteiger charge is -2.16. The molecule has 0 atom stereocenters. The summed E-state index contributed by atoms with van der Waals surface area (Å²) in [6.07, 6.45) is 1.03. The van der Waals surface area contributed by atoms with Crippen molar-refractivity contribution in [2.24, 2.45) is 10.8 Å². The number of Topliss-reactive ketones (excluding diaryl/α,β-unsaturated/α-hetero) is 2. The average Bonchev–Trinajstić information content (AvgIpc) is 2.60. The summed E-state index contributed by atoms with van der Waals surface area (Å²) in [5, 5.41) is 0. The van der Waals surface area contributed by atoms with E-state index < -0.39 is 0 Å². The van der Waals surface area contributed by atoms with Crippen molar-refractivity contribution in [1.82, 2.24) is 0 Å². The molecule has 3 heteroatoms. The standard InChI is InChI=1S/C16H24O2S/c1-15(2,3)9-11(17)13-7-8-14(19-13)12(18)10-16(4,5)6/h7-8H,9-10H2,1-6H3. The zero-order valence-electron chi connectivity index (χ0n) is 12.8. The minimum absolute atomic E-state index is 0.0172. The number of ketones is 2. The lowest BCUT2D eigenvalue weighted by atomic mass is 9.89. The fourth-order valence-corrected chi connectivity index (χ4v) is 2.66. The third-order valence-corrected chi connectivity index (χ3v) is 3.70. The normalized spacial score (nSPS) is 12.5. The maximum Gasteiger partial charge on any atom is 0.173 e. The molecule has 0 amide bonds. The summed E-state index contributed by atoms with van der Waals surface area (Å²) >= 11 is 1.33. The van der Waals surface area contributed by atoms with Crippen LogP contribution in [0, 0.1) is 10.8 Å². The Labute approximate surface area is 120 Å². The van der Waals surface area contributed by atoms with Crippen molar-refractivity contribution in [3.8, 4) is 0 Å². The Morgan fingerprint density at radius 2 is 1.16 bits per heavy atom. The van der Waals surface area contributed by atoms with E-state index in [0.717, 1.165) is 0 Å². The van der Waals surface area contributed by atoms with E-state index in [9.17, 15) is 9.59 Å². The largest absolute Gasteiger partial charge is 0.293 e. The first-order valence-corrected chi connectivity index (χ1v) is 7.46. The van der Waals surface area contributed by atoms with Crippen molar-refractivity contribution in [2.75, 3.05) is 0 Å². The molecule has 0 saturated carbocycles. The number of thiophene rings is 1. The van der Waals surface area contributed by atoms with Gasteiger partial charge in [0.25, 0.3) is 0 Å². The number of hydrogen-bond donors (Lipinski definition) is 0.